The molecule has 0 aliphatic heterocycles. The highest BCUT2D eigenvalue weighted by Crippen LogP contribution is 2.24. The van der Waals surface area contributed by atoms with E-state index in [1.54, 1.807) is 11.8 Å². The molecule has 0 aromatic heterocycles. The smallest absolute Gasteiger partial charge is 0.312 e. The van der Waals surface area contributed by atoms with Gasteiger partial charge in [-0.3, -0.25) is 4.79 Å². The van der Waals surface area contributed by atoms with Gasteiger partial charge in [0.2, 0.25) is 0 Å². The fourth-order valence-corrected chi connectivity index (χ4v) is 2.16. The average molecular weight is 220 g/mol. The van der Waals surface area contributed by atoms with Crippen molar-refractivity contribution in [3.8, 4) is 0 Å². The van der Waals surface area contributed by atoms with Crippen LogP contribution in [0.2, 0.25) is 0 Å². The number of methoxy groups -OCH3 is 1. The normalized spacial score (nSPS) is 13.8. The van der Waals surface area contributed by atoms with Crippen LogP contribution in [0, 0.1) is 11.3 Å². The Hall–Kier alpha value is -0.220. The number of thioether (sulfide) groups is 1. The highest BCUT2D eigenvalue weighted by atomic mass is 32.2. The minimum atomic E-state index is -0.436. The van der Waals surface area contributed by atoms with E-state index < -0.39 is 5.41 Å². The molecule has 0 aliphatic carbocycles. The summed E-state index contributed by atoms with van der Waals surface area (Å²) in [5.74, 6) is 1.70. The number of aliphatic hydroxyl groups excluding tert-OH is 1. The lowest BCUT2D eigenvalue weighted by Gasteiger charge is -2.21. The Morgan fingerprint density at radius 2 is 2.14 bits per heavy atom. The van der Waals surface area contributed by atoms with Crippen molar-refractivity contribution in [2.75, 3.05) is 25.2 Å². The standard InChI is InChI=1S/C10H20O3S/c1-8(5-11)6-14-7-10(2,3)9(12)13-4/h8,11H,5-7H2,1-4H3. The van der Waals surface area contributed by atoms with E-state index in [4.69, 9.17) is 9.84 Å². The van der Waals surface area contributed by atoms with Crippen LogP contribution in [0.25, 0.3) is 0 Å². The molecule has 3 nitrogen and oxygen atoms in total. The Labute approximate surface area is 90.2 Å². The molecule has 0 fully saturated rings. The van der Waals surface area contributed by atoms with Crippen LogP contribution in [0.5, 0.6) is 0 Å². The summed E-state index contributed by atoms with van der Waals surface area (Å²) in [6.45, 7) is 5.93. The second-order valence-corrected chi connectivity index (χ2v) is 5.21. The van der Waals surface area contributed by atoms with Crippen LogP contribution in [-0.2, 0) is 9.53 Å². The first-order chi connectivity index (χ1) is 6.44. The Morgan fingerprint density at radius 3 is 2.57 bits per heavy atom. The molecule has 0 spiro atoms. The van der Waals surface area contributed by atoms with Gasteiger partial charge >= 0.3 is 5.97 Å². The summed E-state index contributed by atoms with van der Waals surface area (Å²) in [6.07, 6.45) is 0. The van der Waals surface area contributed by atoms with E-state index in [1.165, 1.54) is 7.11 Å². The van der Waals surface area contributed by atoms with Crippen LogP contribution in [-0.4, -0.2) is 36.3 Å². The molecule has 0 saturated heterocycles. The minimum absolute atomic E-state index is 0.179. The third-order valence-corrected chi connectivity index (χ3v) is 3.65. The largest absolute Gasteiger partial charge is 0.469 e. The average Bonchev–Trinajstić information content (AvgIpc) is 2.15. The van der Waals surface area contributed by atoms with Crippen molar-refractivity contribution in [3.63, 3.8) is 0 Å². The van der Waals surface area contributed by atoms with Crippen molar-refractivity contribution < 1.29 is 14.6 Å². The van der Waals surface area contributed by atoms with Crippen LogP contribution in [0.4, 0.5) is 0 Å². The first-order valence-corrected chi connectivity index (χ1v) is 5.86. The lowest BCUT2D eigenvalue weighted by molar-refractivity contribution is -0.149. The van der Waals surface area contributed by atoms with E-state index in [0.29, 0.717) is 0 Å². The van der Waals surface area contributed by atoms with Crippen LogP contribution < -0.4 is 0 Å². The molecule has 0 bridgehead atoms. The molecule has 1 N–H and O–H groups in total. The predicted molar refractivity (Wildman–Crippen MR) is 59.4 cm³/mol. The van der Waals surface area contributed by atoms with Crippen LogP contribution in [0.1, 0.15) is 20.8 Å². The van der Waals surface area contributed by atoms with E-state index in [-0.39, 0.29) is 18.5 Å². The van der Waals surface area contributed by atoms with Gasteiger partial charge in [-0.25, -0.2) is 0 Å². The summed E-state index contributed by atoms with van der Waals surface area (Å²) >= 11 is 1.68. The van der Waals surface area contributed by atoms with Gasteiger partial charge in [0.05, 0.1) is 12.5 Å². The maximum absolute atomic E-state index is 11.3. The Balaban J connectivity index is 3.82. The second kappa shape index (κ2) is 6.30. The van der Waals surface area contributed by atoms with Gasteiger partial charge in [-0.1, -0.05) is 6.92 Å². The van der Waals surface area contributed by atoms with Crippen LogP contribution >= 0.6 is 11.8 Å². The van der Waals surface area contributed by atoms with Gasteiger partial charge in [-0.15, -0.1) is 0 Å². The van der Waals surface area contributed by atoms with Gasteiger partial charge in [0.15, 0.2) is 0 Å². The number of carbonyl (C=O) groups is 1. The van der Waals surface area contributed by atoms with Crippen molar-refractivity contribution in [2.45, 2.75) is 20.8 Å². The van der Waals surface area contributed by atoms with E-state index in [0.717, 1.165) is 11.5 Å². The molecule has 0 amide bonds. The monoisotopic (exact) mass is 220 g/mol. The fourth-order valence-electron chi connectivity index (χ4n) is 0.903. The highest BCUT2D eigenvalue weighted by molar-refractivity contribution is 7.99. The maximum Gasteiger partial charge on any atom is 0.312 e. The van der Waals surface area contributed by atoms with E-state index in [2.05, 4.69) is 0 Å². The Bertz CT molecular complexity index is 180. The molecule has 0 aromatic carbocycles. The third-order valence-electron chi connectivity index (χ3n) is 1.91. The number of aliphatic hydroxyl groups is 1. The molecule has 1 unspecified atom stereocenters. The predicted octanol–water partition coefficient (Wildman–Crippen LogP) is 1.55. The van der Waals surface area contributed by atoms with Gasteiger partial charge in [0, 0.05) is 12.4 Å². The zero-order valence-electron chi connectivity index (χ0n) is 9.37. The number of hydrogen-bond donors (Lipinski definition) is 1. The molecule has 0 aliphatic rings. The Kier molecular flexibility index (Phi) is 6.20. The van der Waals surface area contributed by atoms with Gasteiger partial charge in [-0.2, -0.15) is 11.8 Å². The minimum Gasteiger partial charge on any atom is -0.469 e. The van der Waals surface area contributed by atoms with Gasteiger partial charge in [0.1, 0.15) is 0 Å². The van der Waals surface area contributed by atoms with Crippen molar-refractivity contribution in [1.82, 2.24) is 0 Å². The summed E-state index contributed by atoms with van der Waals surface area (Å²) in [4.78, 5) is 11.3. The quantitative estimate of drug-likeness (QED) is 0.690. The van der Waals surface area contributed by atoms with Gasteiger partial charge in [0.25, 0.3) is 0 Å². The van der Waals surface area contributed by atoms with Crippen molar-refractivity contribution in [1.29, 1.82) is 0 Å². The molecular formula is C10H20O3S. The van der Waals surface area contributed by atoms with E-state index in [9.17, 15) is 4.79 Å². The summed E-state index contributed by atoms with van der Waals surface area (Å²) in [6, 6.07) is 0. The summed E-state index contributed by atoms with van der Waals surface area (Å²) in [5.41, 5.74) is -0.436. The molecule has 0 aromatic rings. The Morgan fingerprint density at radius 1 is 1.57 bits per heavy atom. The van der Waals surface area contributed by atoms with E-state index >= 15 is 0 Å². The van der Waals surface area contributed by atoms with Gasteiger partial charge < -0.3 is 9.84 Å². The first kappa shape index (κ1) is 13.8. The first-order valence-electron chi connectivity index (χ1n) is 4.71. The SMILES string of the molecule is COC(=O)C(C)(C)CSCC(C)CO. The molecule has 1 atom stereocenters. The third kappa shape index (κ3) is 4.86. The topological polar surface area (TPSA) is 46.5 Å². The lowest BCUT2D eigenvalue weighted by Crippen LogP contribution is -2.28. The summed E-state index contributed by atoms with van der Waals surface area (Å²) in [7, 11) is 1.41. The van der Waals surface area contributed by atoms with Gasteiger partial charge in [-0.05, 0) is 25.5 Å². The lowest BCUT2D eigenvalue weighted by atomic mass is 9.97. The molecule has 0 rings (SSSR count). The van der Waals surface area contributed by atoms with Crippen molar-refractivity contribution in [2.24, 2.45) is 11.3 Å². The molecule has 4 heteroatoms. The second-order valence-electron chi connectivity index (χ2n) is 4.18. The number of rotatable bonds is 6. The summed E-state index contributed by atoms with van der Waals surface area (Å²) in [5, 5.41) is 8.81. The molecule has 14 heavy (non-hydrogen) atoms. The summed E-state index contributed by atoms with van der Waals surface area (Å²) < 4.78 is 4.70. The van der Waals surface area contributed by atoms with Crippen LogP contribution in [0.3, 0.4) is 0 Å². The zero-order valence-corrected chi connectivity index (χ0v) is 10.2. The highest BCUT2D eigenvalue weighted by Gasteiger charge is 2.28. The van der Waals surface area contributed by atoms with Crippen molar-refractivity contribution in [3.05, 3.63) is 0 Å². The number of hydrogen-bond acceptors (Lipinski definition) is 4. The number of ether oxygens (including phenoxy) is 1. The van der Waals surface area contributed by atoms with Crippen molar-refractivity contribution >= 4 is 17.7 Å². The maximum atomic E-state index is 11.3. The molecule has 0 heterocycles. The van der Waals surface area contributed by atoms with Crippen LogP contribution in [0.15, 0.2) is 0 Å². The molecule has 0 saturated carbocycles. The fraction of sp³-hybridized carbons (Fsp3) is 0.900. The molecule has 0 radical (unpaired) electrons. The molecular weight excluding hydrogens is 200 g/mol. The number of carbonyl (C=O) groups excluding carboxylic acids is 1. The number of esters is 1. The zero-order chi connectivity index (χ0) is 11.2. The molecule has 84 valence electrons. The van der Waals surface area contributed by atoms with E-state index in [1.807, 2.05) is 20.8 Å².